The number of para-hydroxylation sites is 1. The van der Waals surface area contributed by atoms with Gasteiger partial charge in [-0.15, -0.1) is 18.3 Å². The molecule has 3 fully saturated rings. The Morgan fingerprint density at radius 3 is 2.62 bits per heavy atom. The van der Waals surface area contributed by atoms with Crippen LogP contribution >= 0.6 is 0 Å². The Hall–Kier alpha value is -4.35. The molecular weight excluding hydrogens is 574 g/mol. The second-order valence-corrected chi connectivity index (χ2v) is 12.4. The van der Waals surface area contributed by atoms with Crippen molar-refractivity contribution in [2.24, 2.45) is 17.8 Å². The fraction of sp³-hybridized carbons (Fsp3) is 0.441. The first-order chi connectivity index (χ1) is 21.7. The van der Waals surface area contributed by atoms with Crippen molar-refractivity contribution in [3.05, 3.63) is 85.5 Å². The second kappa shape index (κ2) is 11.9. The zero-order valence-electron chi connectivity index (χ0n) is 25.6. The van der Waals surface area contributed by atoms with Crippen LogP contribution in [0.1, 0.15) is 38.3 Å². The minimum atomic E-state index is -1.32. The van der Waals surface area contributed by atoms with Crippen molar-refractivity contribution in [3.63, 3.8) is 0 Å². The Morgan fingerprint density at radius 1 is 1.18 bits per heavy atom. The summed E-state index contributed by atoms with van der Waals surface area (Å²) in [5, 5.41) is 19.3. The lowest BCUT2D eigenvalue weighted by atomic mass is 9.62. The van der Waals surface area contributed by atoms with Crippen molar-refractivity contribution in [1.29, 1.82) is 0 Å². The number of rotatable bonds is 12. The molecule has 2 aromatic carbocycles. The van der Waals surface area contributed by atoms with Gasteiger partial charge in [0.15, 0.2) is 0 Å². The number of fused-ring (bicyclic) bond motifs is 2. The molecule has 1 N–H and O–H groups in total. The van der Waals surface area contributed by atoms with Gasteiger partial charge in [-0.1, -0.05) is 66.8 Å². The molecule has 11 nitrogen and oxygen atoms in total. The van der Waals surface area contributed by atoms with Crippen molar-refractivity contribution in [2.45, 2.75) is 56.6 Å². The molecule has 3 aliphatic heterocycles. The fourth-order valence-corrected chi connectivity index (χ4v) is 7.74. The molecule has 45 heavy (non-hydrogen) atoms. The van der Waals surface area contributed by atoms with E-state index in [9.17, 15) is 19.5 Å². The normalized spacial score (nSPS) is 29.0. The number of aliphatic hydroxyl groups excluding tert-OH is 1. The van der Waals surface area contributed by atoms with Crippen molar-refractivity contribution in [1.82, 2.24) is 24.8 Å². The summed E-state index contributed by atoms with van der Waals surface area (Å²) in [5.41, 5.74) is -0.256. The fourth-order valence-electron chi connectivity index (χ4n) is 7.74. The average Bonchev–Trinajstić information content (AvgIpc) is 3.71. The molecule has 1 spiro atoms. The van der Waals surface area contributed by atoms with Crippen molar-refractivity contribution < 1.29 is 29.0 Å². The van der Waals surface area contributed by atoms with E-state index in [1.165, 1.54) is 4.90 Å². The van der Waals surface area contributed by atoms with Gasteiger partial charge in [0.05, 0.1) is 36.3 Å². The number of esters is 1. The Kier molecular flexibility index (Phi) is 8.09. The lowest BCUT2D eigenvalue weighted by Gasteiger charge is -2.39. The first-order valence-electron chi connectivity index (χ1n) is 15.4. The van der Waals surface area contributed by atoms with Gasteiger partial charge in [0, 0.05) is 6.54 Å². The highest BCUT2D eigenvalue weighted by atomic mass is 16.6. The summed E-state index contributed by atoms with van der Waals surface area (Å²) in [7, 11) is 0. The van der Waals surface area contributed by atoms with E-state index in [4.69, 9.17) is 9.47 Å². The van der Waals surface area contributed by atoms with E-state index in [1.54, 1.807) is 21.7 Å². The lowest BCUT2D eigenvalue weighted by molar-refractivity contribution is -0.164. The number of hydrogen-bond acceptors (Lipinski definition) is 8. The first-order valence-corrected chi connectivity index (χ1v) is 15.4. The largest absolute Gasteiger partial charge is 0.465 e. The van der Waals surface area contributed by atoms with Crippen molar-refractivity contribution >= 4 is 28.8 Å². The van der Waals surface area contributed by atoms with Crippen LogP contribution in [0, 0.1) is 17.8 Å². The van der Waals surface area contributed by atoms with Gasteiger partial charge in [0.1, 0.15) is 29.7 Å². The first kappa shape index (κ1) is 30.7. The standard InChI is InChI=1S/C34H39N5O6/c1-5-7-18-44-32(43)28-27-30(41)39(26(20-40)23-13-9-8-10-14-23)29(34(27)19-22(3)33(28,4)45-34)31(42)37(17-6-2)21-38-25-16-12-11-15-24(25)35-36-38/h5-6,8-16,22,26-29,40H,1-2,7,17-21H2,3-4H3/t22?,26-,27+,28-,29?,33+,34?/m1/s1. The summed E-state index contributed by atoms with van der Waals surface area (Å²) < 4.78 is 14.1. The summed E-state index contributed by atoms with van der Waals surface area (Å²) in [6.07, 6.45) is 4.12. The smallest absolute Gasteiger partial charge is 0.312 e. The second-order valence-electron chi connectivity index (χ2n) is 12.4. The van der Waals surface area contributed by atoms with Gasteiger partial charge >= 0.3 is 5.97 Å². The van der Waals surface area contributed by atoms with Gasteiger partial charge in [-0.25, -0.2) is 4.68 Å². The molecule has 2 amide bonds. The average molecular weight is 614 g/mol. The number of carbonyl (C=O) groups excluding carboxylic acids is 3. The number of amides is 2. The minimum Gasteiger partial charge on any atom is -0.465 e. The van der Waals surface area contributed by atoms with Crippen LogP contribution in [-0.2, 0) is 30.5 Å². The van der Waals surface area contributed by atoms with E-state index in [0.717, 1.165) is 5.52 Å². The number of nitrogens with zero attached hydrogens (tertiary/aromatic N) is 5. The maximum Gasteiger partial charge on any atom is 0.312 e. The zero-order valence-corrected chi connectivity index (χ0v) is 25.6. The van der Waals surface area contributed by atoms with Crippen LogP contribution in [0.15, 0.2) is 79.9 Å². The zero-order chi connectivity index (χ0) is 31.9. The molecule has 0 saturated carbocycles. The molecule has 0 aliphatic carbocycles. The van der Waals surface area contributed by atoms with Crippen LogP contribution in [0.4, 0.5) is 0 Å². The molecule has 6 rings (SSSR count). The molecule has 2 bridgehead atoms. The molecule has 3 aliphatic rings. The number of likely N-dealkylation sites (tertiary alicyclic amines) is 1. The SMILES string of the molecule is C=CCCOC(=O)[C@H]1[C@H]2C(=O)N([C@H](CO)c3ccccc3)C(C(=O)N(CC=C)Cn3nnc4ccccc43)C23CC(C)[C@]1(C)O3. The third-order valence-electron chi connectivity index (χ3n) is 9.89. The number of carbonyl (C=O) groups is 3. The van der Waals surface area contributed by atoms with Gasteiger partial charge in [0.2, 0.25) is 11.8 Å². The highest BCUT2D eigenvalue weighted by Crippen LogP contribution is 2.66. The van der Waals surface area contributed by atoms with Gasteiger partial charge in [0.25, 0.3) is 0 Å². The van der Waals surface area contributed by atoms with Crippen LogP contribution in [0.2, 0.25) is 0 Å². The molecule has 236 valence electrons. The van der Waals surface area contributed by atoms with Crippen molar-refractivity contribution in [3.8, 4) is 0 Å². The van der Waals surface area contributed by atoms with Gasteiger partial charge in [-0.05, 0) is 43.4 Å². The number of benzene rings is 2. The summed E-state index contributed by atoms with van der Waals surface area (Å²) in [6.45, 7) is 11.3. The summed E-state index contributed by atoms with van der Waals surface area (Å²) in [5.74, 6) is -3.40. The van der Waals surface area contributed by atoms with Crippen LogP contribution in [0.5, 0.6) is 0 Å². The quantitative estimate of drug-likeness (QED) is 0.187. The van der Waals surface area contributed by atoms with Gasteiger partial charge in [-0.3, -0.25) is 14.4 Å². The van der Waals surface area contributed by atoms with E-state index in [2.05, 4.69) is 23.5 Å². The Balaban J connectivity index is 1.46. The van der Waals surface area contributed by atoms with E-state index >= 15 is 0 Å². The molecule has 7 atom stereocenters. The number of aliphatic hydroxyl groups is 1. The van der Waals surface area contributed by atoms with E-state index in [1.807, 2.05) is 68.4 Å². The molecule has 0 radical (unpaired) electrons. The minimum absolute atomic E-state index is 0.0413. The number of aromatic nitrogens is 3. The number of ether oxygens (including phenoxy) is 2. The predicted octanol–water partition coefficient (Wildman–Crippen LogP) is 3.27. The topological polar surface area (TPSA) is 127 Å². The van der Waals surface area contributed by atoms with Gasteiger partial charge < -0.3 is 24.4 Å². The maximum atomic E-state index is 15.0. The molecule has 3 unspecified atom stereocenters. The molecule has 3 saturated heterocycles. The lowest BCUT2D eigenvalue weighted by Crippen LogP contribution is -2.57. The van der Waals surface area contributed by atoms with E-state index in [-0.39, 0.29) is 25.7 Å². The molecule has 1 aromatic heterocycles. The van der Waals surface area contributed by atoms with Crippen molar-refractivity contribution in [2.75, 3.05) is 19.8 Å². The van der Waals surface area contributed by atoms with E-state index in [0.29, 0.717) is 23.9 Å². The van der Waals surface area contributed by atoms with Crippen LogP contribution in [0.3, 0.4) is 0 Å². The molecule has 4 heterocycles. The highest BCUT2D eigenvalue weighted by Gasteiger charge is 2.80. The predicted molar refractivity (Wildman–Crippen MR) is 165 cm³/mol. The monoisotopic (exact) mass is 613 g/mol. The Bertz CT molecular complexity index is 1630. The third kappa shape index (κ3) is 4.76. The van der Waals surface area contributed by atoms with Gasteiger partial charge in [-0.2, -0.15) is 0 Å². The maximum absolute atomic E-state index is 15.0. The molecular formula is C34H39N5O6. The third-order valence-corrected chi connectivity index (χ3v) is 9.89. The van der Waals surface area contributed by atoms with E-state index < -0.39 is 59.5 Å². The Morgan fingerprint density at radius 2 is 1.91 bits per heavy atom. The van der Waals surface area contributed by atoms with Crippen LogP contribution in [0.25, 0.3) is 11.0 Å². The van der Waals surface area contributed by atoms with Crippen LogP contribution < -0.4 is 0 Å². The molecule has 3 aromatic rings. The highest BCUT2D eigenvalue weighted by molar-refractivity contribution is 5.99. The summed E-state index contributed by atoms with van der Waals surface area (Å²) >= 11 is 0. The summed E-state index contributed by atoms with van der Waals surface area (Å²) in [6, 6.07) is 14.6. The number of hydrogen-bond donors (Lipinski definition) is 1. The summed E-state index contributed by atoms with van der Waals surface area (Å²) in [4.78, 5) is 46.4. The van der Waals surface area contributed by atoms with Crippen LogP contribution in [-0.4, -0.2) is 84.7 Å². The molecule has 11 heteroatoms. The Labute approximate surface area is 262 Å².